The molecule has 1 atom stereocenters. The molecule has 1 aromatic carbocycles. The van der Waals surface area contributed by atoms with Crippen LogP contribution in [0.2, 0.25) is 0 Å². The van der Waals surface area contributed by atoms with Gasteiger partial charge in [0.2, 0.25) is 0 Å². The summed E-state index contributed by atoms with van der Waals surface area (Å²) >= 11 is 0. The van der Waals surface area contributed by atoms with Crippen molar-refractivity contribution >= 4 is 11.9 Å². The Morgan fingerprint density at radius 2 is 1.88 bits per heavy atom. The van der Waals surface area contributed by atoms with Crippen LogP contribution in [0.1, 0.15) is 42.6 Å². The van der Waals surface area contributed by atoms with Crippen LogP contribution in [0.15, 0.2) is 24.3 Å². The van der Waals surface area contributed by atoms with Crippen LogP contribution < -0.4 is 5.48 Å². The van der Waals surface area contributed by atoms with Gasteiger partial charge in [0.05, 0.1) is 19.1 Å². The van der Waals surface area contributed by atoms with E-state index in [0.29, 0.717) is 11.1 Å². The van der Waals surface area contributed by atoms with E-state index in [1.165, 1.54) is 0 Å². The minimum absolute atomic E-state index is 0.150. The molecule has 0 aliphatic carbocycles. The maximum absolute atomic E-state index is 11.8. The number of aliphatic hydroxyl groups excluding tert-OH is 2. The molecular weight excluding hydrogens is 322 g/mol. The van der Waals surface area contributed by atoms with Crippen molar-refractivity contribution in [2.24, 2.45) is 5.92 Å². The highest BCUT2D eigenvalue weighted by Crippen LogP contribution is 2.04. The average Bonchev–Trinajstić information content (AvgIpc) is 2.59. The largest absolute Gasteiger partial charge is 0.394 e. The van der Waals surface area contributed by atoms with Gasteiger partial charge >= 0.3 is 5.97 Å². The van der Waals surface area contributed by atoms with Crippen molar-refractivity contribution in [3.63, 3.8) is 0 Å². The summed E-state index contributed by atoms with van der Waals surface area (Å²) in [6, 6.07) is 6.39. The van der Waals surface area contributed by atoms with Gasteiger partial charge in [0.1, 0.15) is 0 Å². The molecule has 0 aliphatic rings. The molecule has 1 amide bonds. The van der Waals surface area contributed by atoms with Gasteiger partial charge in [0.25, 0.3) is 5.91 Å². The smallest absolute Gasteiger partial charge is 0.332 e. The van der Waals surface area contributed by atoms with Gasteiger partial charge in [-0.15, -0.1) is 0 Å². The lowest BCUT2D eigenvalue weighted by atomic mass is 10.1. The van der Waals surface area contributed by atoms with Gasteiger partial charge in [0, 0.05) is 17.5 Å². The van der Waals surface area contributed by atoms with Crippen molar-refractivity contribution in [3.05, 3.63) is 35.4 Å². The highest BCUT2D eigenvalue weighted by Gasteiger charge is 2.10. The minimum atomic E-state index is -0.860. The SMILES string of the molecule is CC(C)CC(=O)ONC(=O)c1ccc(C#CC#CCC(O)CO)cc1. The second kappa shape index (κ2) is 10.9. The van der Waals surface area contributed by atoms with Crippen LogP contribution >= 0.6 is 0 Å². The summed E-state index contributed by atoms with van der Waals surface area (Å²) in [6.07, 6.45) is -0.480. The molecule has 1 rings (SSSR count). The van der Waals surface area contributed by atoms with Crippen LogP contribution in [0, 0.1) is 29.6 Å². The molecular formula is C19H21NO5. The lowest BCUT2D eigenvalue weighted by molar-refractivity contribution is -0.149. The van der Waals surface area contributed by atoms with Gasteiger partial charge in [-0.1, -0.05) is 25.7 Å². The molecule has 0 spiro atoms. The molecule has 0 saturated heterocycles. The number of benzene rings is 1. The highest BCUT2D eigenvalue weighted by atomic mass is 16.7. The number of rotatable bonds is 5. The summed E-state index contributed by atoms with van der Waals surface area (Å²) in [4.78, 5) is 27.9. The van der Waals surface area contributed by atoms with E-state index in [4.69, 9.17) is 15.1 Å². The number of amides is 1. The molecule has 25 heavy (non-hydrogen) atoms. The fourth-order valence-electron chi connectivity index (χ4n) is 1.62. The summed E-state index contributed by atoms with van der Waals surface area (Å²) in [6.45, 7) is 3.42. The predicted molar refractivity (Wildman–Crippen MR) is 91.8 cm³/mol. The third kappa shape index (κ3) is 8.57. The van der Waals surface area contributed by atoms with E-state index in [1.807, 2.05) is 13.8 Å². The van der Waals surface area contributed by atoms with E-state index in [1.54, 1.807) is 24.3 Å². The third-order valence-electron chi connectivity index (χ3n) is 2.89. The summed E-state index contributed by atoms with van der Waals surface area (Å²) in [5.41, 5.74) is 3.10. The topological polar surface area (TPSA) is 95.9 Å². The van der Waals surface area contributed by atoms with Crippen LogP contribution in [0.5, 0.6) is 0 Å². The first-order valence-corrected chi connectivity index (χ1v) is 7.80. The molecule has 132 valence electrons. The van der Waals surface area contributed by atoms with E-state index >= 15 is 0 Å². The molecule has 1 aromatic rings. The average molecular weight is 343 g/mol. The predicted octanol–water partition coefficient (Wildman–Crippen LogP) is 1.02. The van der Waals surface area contributed by atoms with Gasteiger partial charge < -0.3 is 15.1 Å². The van der Waals surface area contributed by atoms with Crippen LogP contribution in [-0.4, -0.2) is 34.8 Å². The van der Waals surface area contributed by atoms with E-state index < -0.39 is 18.0 Å². The number of nitrogens with one attached hydrogen (secondary N) is 1. The Morgan fingerprint density at radius 1 is 1.20 bits per heavy atom. The van der Waals surface area contributed by atoms with Crippen LogP contribution in [0.25, 0.3) is 0 Å². The Bertz CT molecular complexity index is 701. The minimum Gasteiger partial charge on any atom is -0.394 e. The van der Waals surface area contributed by atoms with Crippen molar-refractivity contribution in [2.75, 3.05) is 6.61 Å². The zero-order chi connectivity index (χ0) is 18.7. The summed E-state index contributed by atoms with van der Waals surface area (Å²) in [5, 5.41) is 17.7. The second-order valence-corrected chi connectivity index (χ2v) is 5.67. The molecule has 0 bridgehead atoms. The molecule has 6 nitrogen and oxygen atoms in total. The molecule has 0 aromatic heterocycles. The zero-order valence-electron chi connectivity index (χ0n) is 14.2. The van der Waals surface area contributed by atoms with Crippen LogP contribution in [-0.2, 0) is 9.63 Å². The normalized spacial score (nSPS) is 10.8. The molecule has 0 fully saturated rings. The zero-order valence-corrected chi connectivity index (χ0v) is 14.2. The first-order chi connectivity index (χ1) is 11.9. The fourth-order valence-corrected chi connectivity index (χ4v) is 1.62. The molecule has 0 aliphatic heterocycles. The monoisotopic (exact) mass is 343 g/mol. The third-order valence-corrected chi connectivity index (χ3v) is 2.89. The van der Waals surface area contributed by atoms with Gasteiger partial charge in [-0.2, -0.15) is 5.48 Å². The number of aliphatic hydroxyl groups is 2. The number of carbonyl (C=O) groups excluding carboxylic acids is 2. The first-order valence-electron chi connectivity index (χ1n) is 7.80. The summed E-state index contributed by atoms with van der Waals surface area (Å²) in [5.74, 6) is 9.74. The second-order valence-electron chi connectivity index (χ2n) is 5.67. The maximum Gasteiger partial charge on any atom is 0.332 e. The van der Waals surface area contributed by atoms with Crippen LogP contribution in [0.3, 0.4) is 0 Å². The summed E-state index contributed by atoms with van der Waals surface area (Å²) in [7, 11) is 0. The lowest BCUT2D eigenvalue weighted by Gasteiger charge is -2.07. The van der Waals surface area contributed by atoms with Crippen molar-refractivity contribution in [2.45, 2.75) is 32.8 Å². The number of carbonyl (C=O) groups is 2. The lowest BCUT2D eigenvalue weighted by Crippen LogP contribution is -2.27. The van der Waals surface area contributed by atoms with E-state index in [0.717, 1.165) is 0 Å². The van der Waals surface area contributed by atoms with Crippen molar-refractivity contribution in [3.8, 4) is 23.7 Å². The maximum atomic E-state index is 11.8. The molecule has 6 heteroatoms. The standard InChI is InChI=1S/C19H21NO5/c1-14(2)12-18(23)25-20-19(24)16-10-8-15(9-11-16)6-4-3-5-7-17(22)13-21/h8-11,14,17,21-22H,7,12-13H2,1-2H3,(H,20,24). The van der Waals surface area contributed by atoms with Crippen molar-refractivity contribution < 1.29 is 24.6 Å². The molecule has 1 unspecified atom stereocenters. The van der Waals surface area contributed by atoms with Gasteiger partial charge in [0.15, 0.2) is 0 Å². The Hall–Kier alpha value is -2.80. The molecule has 3 N–H and O–H groups in total. The van der Waals surface area contributed by atoms with E-state index in [9.17, 15) is 9.59 Å². The number of hydrogen-bond donors (Lipinski definition) is 3. The first kappa shape index (κ1) is 20.2. The quantitative estimate of drug-likeness (QED) is 0.548. The van der Waals surface area contributed by atoms with Gasteiger partial charge in [-0.05, 0) is 42.0 Å². The Labute approximate surface area is 147 Å². The highest BCUT2D eigenvalue weighted by molar-refractivity contribution is 5.94. The molecule has 0 heterocycles. The fraction of sp³-hybridized carbons (Fsp3) is 0.368. The van der Waals surface area contributed by atoms with Crippen LogP contribution in [0.4, 0.5) is 0 Å². The summed E-state index contributed by atoms with van der Waals surface area (Å²) < 4.78 is 0. The van der Waals surface area contributed by atoms with Crippen molar-refractivity contribution in [1.29, 1.82) is 0 Å². The van der Waals surface area contributed by atoms with E-state index in [2.05, 4.69) is 29.2 Å². The Kier molecular flexibility index (Phi) is 8.81. The van der Waals surface area contributed by atoms with Gasteiger partial charge in [-0.3, -0.25) is 4.79 Å². The number of hydroxylamine groups is 1. The Morgan fingerprint density at radius 3 is 2.48 bits per heavy atom. The Balaban J connectivity index is 2.53. The molecule has 0 saturated carbocycles. The van der Waals surface area contributed by atoms with Gasteiger partial charge in [-0.25, -0.2) is 4.79 Å². The van der Waals surface area contributed by atoms with Crippen molar-refractivity contribution in [1.82, 2.24) is 5.48 Å². The van der Waals surface area contributed by atoms with E-state index in [-0.39, 0.29) is 25.4 Å². The molecule has 0 radical (unpaired) electrons. The number of hydrogen-bond acceptors (Lipinski definition) is 5.